The second kappa shape index (κ2) is 6.62. The van der Waals surface area contributed by atoms with E-state index in [0.29, 0.717) is 24.2 Å². The molecule has 0 bridgehead atoms. The number of hydrogen-bond acceptors (Lipinski definition) is 3. The molecule has 0 spiro atoms. The van der Waals surface area contributed by atoms with E-state index in [1.165, 1.54) is 0 Å². The van der Waals surface area contributed by atoms with E-state index in [1.54, 1.807) is 12.4 Å². The van der Waals surface area contributed by atoms with Crippen LogP contribution in [0.1, 0.15) is 75.1 Å². The van der Waals surface area contributed by atoms with Crippen LogP contribution in [0.4, 0.5) is 0 Å². The highest BCUT2D eigenvalue weighted by Crippen LogP contribution is 2.31. The van der Waals surface area contributed by atoms with Gasteiger partial charge in [-0.2, -0.15) is 5.10 Å². The molecule has 5 heteroatoms. The van der Waals surface area contributed by atoms with Crippen LogP contribution in [-0.2, 0) is 12.1 Å². The molecule has 0 N–H and O–H groups in total. The Labute approximate surface area is 150 Å². The van der Waals surface area contributed by atoms with Crippen LogP contribution in [0.5, 0.6) is 0 Å². The lowest BCUT2D eigenvalue weighted by atomic mass is 10.1. The van der Waals surface area contributed by atoms with Crippen molar-refractivity contribution < 1.29 is 4.79 Å². The predicted octanol–water partition coefficient (Wildman–Crippen LogP) is 3.96. The van der Waals surface area contributed by atoms with Crippen LogP contribution < -0.4 is 0 Å². The van der Waals surface area contributed by atoms with Crippen LogP contribution in [0.15, 0.2) is 30.6 Å². The van der Waals surface area contributed by atoms with Crippen molar-refractivity contribution in [3.63, 3.8) is 0 Å². The van der Waals surface area contributed by atoms with E-state index in [1.807, 2.05) is 27.8 Å². The normalized spacial score (nSPS) is 14.8. The van der Waals surface area contributed by atoms with Gasteiger partial charge < -0.3 is 4.90 Å². The van der Waals surface area contributed by atoms with E-state index in [-0.39, 0.29) is 11.4 Å². The van der Waals surface area contributed by atoms with Crippen molar-refractivity contribution in [2.45, 2.75) is 71.5 Å². The zero-order valence-electron chi connectivity index (χ0n) is 15.9. The lowest BCUT2D eigenvalue weighted by Crippen LogP contribution is -2.33. The average molecular weight is 340 g/mol. The quantitative estimate of drug-likeness (QED) is 0.828. The molecule has 1 aliphatic carbocycles. The van der Waals surface area contributed by atoms with E-state index in [4.69, 9.17) is 0 Å². The van der Waals surface area contributed by atoms with Crippen LogP contribution in [0.2, 0.25) is 0 Å². The number of pyridine rings is 1. The molecule has 0 atom stereocenters. The first-order chi connectivity index (χ1) is 11.8. The van der Waals surface area contributed by atoms with E-state index in [0.717, 1.165) is 24.1 Å². The zero-order valence-corrected chi connectivity index (χ0v) is 15.9. The first kappa shape index (κ1) is 17.6. The lowest BCUT2D eigenvalue weighted by molar-refractivity contribution is 0.0722. The van der Waals surface area contributed by atoms with Crippen LogP contribution in [-0.4, -0.2) is 31.6 Å². The minimum Gasteiger partial charge on any atom is -0.330 e. The molecular formula is C20H28N4O. The molecule has 2 aromatic rings. The number of rotatable bonds is 5. The summed E-state index contributed by atoms with van der Waals surface area (Å²) in [5.74, 6) is 0.354. The molecule has 134 valence electrons. The third-order valence-corrected chi connectivity index (χ3v) is 4.53. The van der Waals surface area contributed by atoms with E-state index < -0.39 is 0 Å². The van der Waals surface area contributed by atoms with Gasteiger partial charge in [-0.15, -0.1) is 0 Å². The fraction of sp³-hybridized carbons (Fsp3) is 0.550. The fourth-order valence-corrected chi connectivity index (χ4v) is 3.03. The Morgan fingerprint density at radius 2 is 1.92 bits per heavy atom. The minimum atomic E-state index is -0.145. The molecule has 1 amide bonds. The van der Waals surface area contributed by atoms with Crippen LogP contribution in [0, 0.1) is 0 Å². The van der Waals surface area contributed by atoms with Crippen molar-refractivity contribution in [3.8, 4) is 0 Å². The Morgan fingerprint density at radius 1 is 1.28 bits per heavy atom. The number of carbonyl (C=O) groups excluding carboxylic acids is 1. The van der Waals surface area contributed by atoms with Gasteiger partial charge >= 0.3 is 0 Å². The van der Waals surface area contributed by atoms with Gasteiger partial charge in [0.25, 0.3) is 5.91 Å². The van der Waals surface area contributed by atoms with Gasteiger partial charge in [-0.3, -0.25) is 14.5 Å². The molecule has 0 radical (unpaired) electrons. The Morgan fingerprint density at radius 3 is 2.40 bits per heavy atom. The first-order valence-electron chi connectivity index (χ1n) is 9.07. The van der Waals surface area contributed by atoms with Gasteiger partial charge in [-0.05, 0) is 63.3 Å². The molecule has 2 heterocycles. The summed E-state index contributed by atoms with van der Waals surface area (Å²) in [7, 11) is 0. The zero-order chi connectivity index (χ0) is 18.2. The molecule has 1 saturated carbocycles. The van der Waals surface area contributed by atoms with Crippen molar-refractivity contribution in [2.24, 2.45) is 0 Å². The number of carbonyl (C=O) groups is 1. The van der Waals surface area contributed by atoms with Gasteiger partial charge in [0, 0.05) is 30.7 Å². The Kier molecular flexibility index (Phi) is 4.67. The number of nitrogens with zero attached hydrogens (tertiary/aromatic N) is 4. The highest BCUT2D eigenvalue weighted by atomic mass is 16.2. The minimum absolute atomic E-state index is 0.0317. The fourth-order valence-electron chi connectivity index (χ4n) is 3.03. The first-order valence-corrected chi connectivity index (χ1v) is 9.07. The molecule has 25 heavy (non-hydrogen) atoms. The molecule has 0 aliphatic heterocycles. The topological polar surface area (TPSA) is 51.0 Å². The number of hydrogen-bond donors (Lipinski definition) is 0. The number of amides is 1. The Hall–Kier alpha value is -2.17. The smallest absolute Gasteiger partial charge is 0.274 e. The van der Waals surface area contributed by atoms with E-state index in [2.05, 4.69) is 44.7 Å². The monoisotopic (exact) mass is 340 g/mol. The van der Waals surface area contributed by atoms with Crippen molar-refractivity contribution in [3.05, 3.63) is 47.5 Å². The van der Waals surface area contributed by atoms with Gasteiger partial charge in [0.2, 0.25) is 0 Å². The summed E-state index contributed by atoms with van der Waals surface area (Å²) >= 11 is 0. The largest absolute Gasteiger partial charge is 0.330 e. The third kappa shape index (κ3) is 3.91. The molecule has 0 unspecified atom stereocenters. The maximum Gasteiger partial charge on any atom is 0.274 e. The average Bonchev–Trinajstić information content (AvgIpc) is 3.28. The van der Waals surface area contributed by atoms with Crippen LogP contribution >= 0.6 is 0 Å². The van der Waals surface area contributed by atoms with Crippen molar-refractivity contribution in [1.29, 1.82) is 0 Å². The Balaban J connectivity index is 1.90. The van der Waals surface area contributed by atoms with Gasteiger partial charge in [-0.25, -0.2) is 0 Å². The highest BCUT2D eigenvalue weighted by molar-refractivity contribution is 5.93. The summed E-state index contributed by atoms with van der Waals surface area (Å²) < 4.78 is 2.00. The highest BCUT2D eigenvalue weighted by Gasteiger charge is 2.35. The maximum atomic E-state index is 13.2. The second-order valence-corrected chi connectivity index (χ2v) is 8.21. The molecule has 0 aromatic carbocycles. The van der Waals surface area contributed by atoms with Crippen molar-refractivity contribution in [1.82, 2.24) is 19.7 Å². The second-order valence-electron chi connectivity index (χ2n) is 8.21. The van der Waals surface area contributed by atoms with E-state index >= 15 is 0 Å². The summed E-state index contributed by atoms with van der Waals surface area (Å²) in [6.07, 6.45) is 5.70. The third-order valence-electron chi connectivity index (χ3n) is 4.53. The van der Waals surface area contributed by atoms with Gasteiger partial charge in [0.15, 0.2) is 5.69 Å². The molecule has 0 saturated heterocycles. The summed E-state index contributed by atoms with van der Waals surface area (Å²) in [5, 5.41) is 4.69. The molecule has 1 aliphatic rings. The lowest BCUT2D eigenvalue weighted by Gasteiger charge is -2.24. The standard InChI is InChI=1S/C20H28N4O/c1-14(2)18-12-17(22-24(18)20(3,4)5)19(25)23(16-6-7-16)13-15-8-10-21-11-9-15/h8-12,14,16H,6-7,13H2,1-5H3. The molecule has 2 aromatic heterocycles. The van der Waals surface area contributed by atoms with Gasteiger partial charge in [0.05, 0.1) is 5.54 Å². The predicted molar refractivity (Wildman–Crippen MR) is 98.4 cm³/mol. The summed E-state index contributed by atoms with van der Waals surface area (Å²) in [6.45, 7) is 11.3. The van der Waals surface area contributed by atoms with Crippen molar-refractivity contribution >= 4 is 5.91 Å². The molecule has 3 rings (SSSR count). The maximum absolute atomic E-state index is 13.2. The van der Waals surface area contributed by atoms with Crippen molar-refractivity contribution in [2.75, 3.05) is 0 Å². The SMILES string of the molecule is CC(C)c1cc(C(=O)N(Cc2ccncc2)C2CC2)nn1C(C)(C)C. The molecule has 5 nitrogen and oxygen atoms in total. The van der Waals surface area contributed by atoms with Gasteiger partial charge in [0.1, 0.15) is 0 Å². The van der Waals surface area contributed by atoms with Crippen LogP contribution in [0.3, 0.4) is 0 Å². The van der Waals surface area contributed by atoms with E-state index in [9.17, 15) is 4.79 Å². The van der Waals surface area contributed by atoms with Crippen LogP contribution in [0.25, 0.3) is 0 Å². The Bertz CT molecular complexity index is 739. The molecular weight excluding hydrogens is 312 g/mol. The van der Waals surface area contributed by atoms with Gasteiger partial charge in [-0.1, -0.05) is 13.8 Å². The summed E-state index contributed by atoms with van der Waals surface area (Å²) in [5.41, 5.74) is 2.62. The number of aromatic nitrogens is 3. The summed E-state index contributed by atoms with van der Waals surface area (Å²) in [4.78, 5) is 19.2. The molecule has 1 fully saturated rings. The summed E-state index contributed by atoms with van der Waals surface area (Å²) in [6, 6.07) is 6.24.